The van der Waals surface area contributed by atoms with E-state index in [4.69, 9.17) is 18.9 Å². The van der Waals surface area contributed by atoms with Crippen molar-refractivity contribution in [2.75, 3.05) is 37.1 Å². The van der Waals surface area contributed by atoms with Crippen molar-refractivity contribution in [3.05, 3.63) is 83.4 Å². The van der Waals surface area contributed by atoms with E-state index in [9.17, 15) is 28.8 Å². The maximum absolute atomic E-state index is 13.1. The molecular formula is C32H31N3O10. The first-order valence-corrected chi connectivity index (χ1v) is 14.0. The van der Waals surface area contributed by atoms with Gasteiger partial charge in [0.25, 0.3) is 23.6 Å². The van der Waals surface area contributed by atoms with Crippen LogP contribution in [0.3, 0.4) is 0 Å². The second-order valence-corrected chi connectivity index (χ2v) is 9.61. The van der Waals surface area contributed by atoms with Crippen molar-refractivity contribution in [2.24, 2.45) is 0 Å². The third kappa shape index (κ3) is 8.02. The Bertz CT molecular complexity index is 1600. The lowest BCUT2D eigenvalue weighted by atomic mass is 10.1. The standard InChI is InChI=1S/C32H31N3O10/c1-4-42-23-11-7-21(8-12-23)33-27(36)17-44-31(40)19(3)35-29(38)25-15-6-20(16-26(25)30(35)39)32(41)45-18-28(37)34-22-9-13-24(14-10-22)43-5-2/h6-16,19H,4-5,17-18H2,1-3H3,(H,33,36)(H,34,37)/t19-/m0/s1. The topological polar surface area (TPSA) is 167 Å². The van der Waals surface area contributed by atoms with Gasteiger partial charge in [-0.2, -0.15) is 0 Å². The van der Waals surface area contributed by atoms with Crippen LogP contribution >= 0.6 is 0 Å². The summed E-state index contributed by atoms with van der Waals surface area (Å²) in [5.41, 5.74) is 0.698. The lowest BCUT2D eigenvalue weighted by Crippen LogP contribution is -2.44. The van der Waals surface area contributed by atoms with Crippen LogP contribution in [0.2, 0.25) is 0 Å². The summed E-state index contributed by atoms with van der Waals surface area (Å²) in [4.78, 5) is 76.5. The van der Waals surface area contributed by atoms with Gasteiger partial charge in [0.15, 0.2) is 13.2 Å². The molecule has 0 spiro atoms. The zero-order chi connectivity index (χ0) is 32.5. The highest BCUT2D eigenvalue weighted by molar-refractivity contribution is 6.23. The van der Waals surface area contributed by atoms with Gasteiger partial charge in [-0.15, -0.1) is 0 Å². The average molecular weight is 618 g/mol. The number of carbonyl (C=O) groups is 6. The molecule has 0 unspecified atom stereocenters. The SMILES string of the molecule is CCOc1ccc(NC(=O)COC(=O)c2ccc3c(c2)C(=O)N([C@@H](C)C(=O)OCC(=O)Nc2ccc(OCC)cc2)C3=O)cc1. The minimum Gasteiger partial charge on any atom is -0.494 e. The molecule has 1 aliphatic heterocycles. The number of ether oxygens (including phenoxy) is 4. The van der Waals surface area contributed by atoms with Gasteiger partial charge < -0.3 is 29.6 Å². The van der Waals surface area contributed by atoms with Crippen LogP contribution in [0.25, 0.3) is 0 Å². The lowest BCUT2D eigenvalue weighted by molar-refractivity contribution is -0.150. The van der Waals surface area contributed by atoms with Crippen molar-refractivity contribution in [3.8, 4) is 11.5 Å². The smallest absolute Gasteiger partial charge is 0.338 e. The molecule has 0 saturated carbocycles. The Kier molecular flexibility index (Phi) is 10.5. The van der Waals surface area contributed by atoms with E-state index < -0.39 is 54.8 Å². The Morgan fingerprint density at radius 2 is 1.18 bits per heavy atom. The molecule has 1 heterocycles. The van der Waals surface area contributed by atoms with Gasteiger partial charge in [0.05, 0.1) is 29.9 Å². The van der Waals surface area contributed by atoms with Crippen molar-refractivity contribution in [1.82, 2.24) is 4.90 Å². The first-order valence-electron chi connectivity index (χ1n) is 14.0. The monoisotopic (exact) mass is 617 g/mol. The molecule has 1 aliphatic rings. The third-order valence-corrected chi connectivity index (χ3v) is 6.46. The molecule has 234 valence electrons. The van der Waals surface area contributed by atoms with E-state index in [-0.39, 0.29) is 16.7 Å². The second-order valence-electron chi connectivity index (χ2n) is 9.61. The van der Waals surface area contributed by atoms with Crippen LogP contribution in [-0.4, -0.2) is 72.9 Å². The molecular weight excluding hydrogens is 586 g/mol. The Hall–Kier alpha value is -5.72. The molecule has 0 aliphatic carbocycles. The predicted molar refractivity (Wildman–Crippen MR) is 160 cm³/mol. The number of hydrogen-bond donors (Lipinski definition) is 2. The summed E-state index contributed by atoms with van der Waals surface area (Å²) in [7, 11) is 0. The summed E-state index contributed by atoms with van der Waals surface area (Å²) in [6.45, 7) is 4.72. The van der Waals surface area contributed by atoms with E-state index in [1.165, 1.54) is 19.1 Å². The molecule has 4 rings (SSSR count). The number of anilines is 2. The Labute approximate surface area is 258 Å². The zero-order valence-electron chi connectivity index (χ0n) is 24.8. The number of amides is 4. The van der Waals surface area contributed by atoms with E-state index in [2.05, 4.69) is 10.6 Å². The maximum Gasteiger partial charge on any atom is 0.338 e. The molecule has 2 N–H and O–H groups in total. The van der Waals surface area contributed by atoms with Gasteiger partial charge in [-0.1, -0.05) is 0 Å². The molecule has 4 amide bonds. The van der Waals surface area contributed by atoms with Crippen molar-refractivity contribution in [1.29, 1.82) is 0 Å². The number of carbonyl (C=O) groups excluding carboxylic acids is 6. The van der Waals surface area contributed by atoms with Crippen molar-refractivity contribution >= 4 is 46.9 Å². The van der Waals surface area contributed by atoms with Gasteiger partial charge in [-0.25, -0.2) is 9.59 Å². The van der Waals surface area contributed by atoms with Gasteiger partial charge in [-0.05, 0) is 87.5 Å². The largest absolute Gasteiger partial charge is 0.494 e. The third-order valence-electron chi connectivity index (χ3n) is 6.46. The van der Waals surface area contributed by atoms with Crippen LogP contribution < -0.4 is 20.1 Å². The van der Waals surface area contributed by atoms with Gasteiger partial charge in [0.1, 0.15) is 17.5 Å². The lowest BCUT2D eigenvalue weighted by Gasteiger charge is -2.20. The molecule has 0 radical (unpaired) electrons. The maximum atomic E-state index is 13.1. The van der Waals surface area contributed by atoms with E-state index in [0.29, 0.717) is 41.0 Å². The zero-order valence-corrected chi connectivity index (χ0v) is 24.8. The minimum atomic E-state index is -1.36. The van der Waals surface area contributed by atoms with Crippen molar-refractivity contribution in [2.45, 2.75) is 26.8 Å². The molecule has 45 heavy (non-hydrogen) atoms. The number of imide groups is 1. The number of benzene rings is 3. The van der Waals surface area contributed by atoms with Gasteiger partial charge >= 0.3 is 11.9 Å². The highest BCUT2D eigenvalue weighted by atomic mass is 16.5. The minimum absolute atomic E-state index is 0.0299. The van der Waals surface area contributed by atoms with Crippen LogP contribution in [0.1, 0.15) is 51.8 Å². The molecule has 0 fully saturated rings. The van der Waals surface area contributed by atoms with E-state index >= 15 is 0 Å². The summed E-state index contributed by atoms with van der Waals surface area (Å²) < 4.78 is 20.8. The first-order chi connectivity index (χ1) is 21.6. The molecule has 13 nitrogen and oxygen atoms in total. The van der Waals surface area contributed by atoms with E-state index in [1.54, 1.807) is 48.5 Å². The van der Waals surface area contributed by atoms with Crippen molar-refractivity contribution in [3.63, 3.8) is 0 Å². The van der Waals surface area contributed by atoms with Crippen LogP contribution in [0, 0.1) is 0 Å². The molecule has 3 aromatic carbocycles. The summed E-state index contributed by atoms with van der Waals surface area (Å²) >= 11 is 0. The van der Waals surface area contributed by atoms with Crippen molar-refractivity contribution < 1.29 is 47.7 Å². The number of esters is 2. The number of fused-ring (bicyclic) bond motifs is 1. The predicted octanol–water partition coefficient (Wildman–Crippen LogP) is 3.45. The van der Waals surface area contributed by atoms with Gasteiger partial charge in [0.2, 0.25) is 0 Å². The molecule has 0 bridgehead atoms. The summed E-state index contributed by atoms with van der Waals surface area (Å²) in [6, 6.07) is 15.5. The number of rotatable bonds is 13. The number of nitrogens with one attached hydrogen (secondary N) is 2. The molecule has 13 heteroatoms. The fourth-order valence-corrected chi connectivity index (χ4v) is 4.31. The van der Waals surface area contributed by atoms with Crippen LogP contribution in [0.4, 0.5) is 11.4 Å². The van der Waals surface area contributed by atoms with Gasteiger partial charge in [-0.3, -0.25) is 24.1 Å². The van der Waals surface area contributed by atoms with E-state index in [1.807, 2.05) is 13.8 Å². The van der Waals surface area contributed by atoms with Crippen LogP contribution in [0.15, 0.2) is 66.7 Å². The number of nitrogens with zero attached hydrogens (tertiary/aromatic N) is 1. The molecule has 0 saturated heterocycles. The molecule has 1 atom stereocenters. The summed E-state index contributed by atoms with van der Waals surface area (Å²) in [5, 5.41) is 5.15. The quantitative estimate of drug-likeness (QED) is 0.214. The molecule has 3 aromatic rings. The fourth-order valence-electron chi connectivity index (χ4n) is 4.31. The van der Waals surface area contributed by atoms with Crippen LogP contribution in [0.5, 0.6) is 11.5 Å². The van der Waals surface area contributed by atoms with Crippen LogP contribution in [-0.2, 0) is 23.9 Å². The normalized spacial score (nSPS) is 12.6. The number of hydrogen-bond acceptors (Lipinski definition) is 10. The molecule has 0 aromatic heterocycles. The highest BCUT2D eigenvalue weighted by Gasteiger charge is 2.42. The average Bonchev–Trinajstić information content (AvgIpc) is 3.28. The highest BCUT2D eigenvalue weighted by Crippen LogP contribution is 2.27. The second kappa shape index (κ2) is 14.6. The Morgan fingerprint density at radius 1 is 0.689 bits per heavy atom. The summed E-state index contributed by atoms with van der Waals surface area (Å²) in [6.07, 6.45) is 0. The van der Waals surface area contributed by atoms with Gasteiger partial charge in [0, 0.05) is 11.4 Å². The first kappa shape index (κ1) is 32.2. The Morgan fingerprint density at radius 3 is 1.69 bits per heavy atom. The van der Waals surface area contributed by atoms with E-state index in [0.717, 1.165) is 6.07 Å². The fraction of sp³-hybridized carbons (Fsp3) is 0.250. The Balaban J connectivity index is 1.29. The summed E-state index contributed by atoms with van der Waals surface area (Å²) in [5.74, 6) is -3.43.